The average Bonchev–Trinajstić information content (AvgIpc) is 1.33. The molecule has 0 amide bonds. The average molecular weight is 1280 g/mol. The van der Waals surface area contributed by atoms with Gasteiger partial charge < -0.3 is 35.4 Å². The molecule has 4 aromatic carbocycles. The number of aliphatic hydroxyl groups excluding tert-OH is 1. The highest BCUT2D eigenvalue weighted by atomic mass is 19.1. The Morgan fingerprint density at radius 3 is 1.16 bits per heavy atom. The minimum atomic E-state index is -1.93. The molecule has 3 fully saturated rings. The van der Waals surface area contributed by atoms with E-state index in [1.807, 2.05) is 37.3 Å². The summed E-state index contributed by atoms with van der Waals surface area (Å²) in [5.74, 6) is -3.64. The molecule has 4 aromatic heterocycles. The summed E-state index contributed by atoms with van der Waals surface area (Å²) in [6.45, 7) is 23.4. The van der Waals surface area contributed by atoms with Crippen molar-refractivity contribution in [3.05, 3.63) is 235 Å². The van der Waals surface area contributed by atoms with Gasteiger partial charge in [0.2, 0.25) is 0 Å². The number of nitrogens with zero attached hydrogens (tertiary/aromatic N) is 15. The molecule has 3 aliphatic rings. The SMILES string of the molecule is C=C1CCN([C@H](C)[C@](O)(Cn2cncn2)c2ccc(F)cc2)CC1.C=C1CCN([C@H](C)[C@](O)(Cn2cncn2)c2ccccc2)CC1.C=C1CC[N+]([O-])([C@H](C)[C@](O)(Cn2cncn2)c2ccc(F)cc2F)CC1.C[C@@H](O)[C@](O)(Cn1cncn1)c1ccc(F)cc1F. The monoisotopic (exact) mass is 1280 g/mol. The summed E-state index contributed by atoms with van der Waals surface area (Å²) in [6, 6.07) is 20.6. The van der Waals surface area contributed by atoms with Crippen LogP contribution in [-0.4, -0.2) is 163 Å². The number of quaternary nitrogens is 1. The number of aromatic nitrogens is 12. The molecule has 92 heavy (non-hydrogen) atoms. The number of piperidine rings is 3. The second-order valence-corrected chi connectivity index (χ2v) is 24.1. The van der Waals surface area contributed by atoms with E-state index in [-0.39, 0.29) is 61.8 Å². The third kappa shape index (κ3) is 17.0. The molecule has 21 nitrogen and oxygen atoms in total. The molecule has 5 N–H and O–H groups in total. The van der Waals surface area contributed by atoms with E-state index in [4.69, 9.17) is 0 Å². The van der Waals surface area contributed by atoms with Gasteiger partial charge in [-0.15, -0.1) is 0 Å². The summed E-state index contributed by atoms with van der Waals surface area (Å²) in [5.41, 5.74) is -1.21. The van der Waals surface area contributed by atoms with Gasteiger partial charge in [0.1, 0.15) is 103 Å². The predicted octanol–water partition coefficient (Wildman–Crippen LogP) is 7.87. The zero-order valence-electron chi connectivity index (χ0n) is 52.3. The van der Waals surface area contributed by atoms with E-state index in [0.29, 0.717) is 37.1 Å². The molecule has 3 saturated heterocycles. The van der Waals surface area contributed by atoms with Crippen LogP contribution in [0.2, 0.25) is 0 Å². The lowest BCUT2D eigenvalue weighted by Gasteiger charge is -2.54. The molecule has 0 radical (unpaired) electrons. The predicted molar refractivity (Wildman–Crippen MR) is 333 cm³/mol. The van der Waals surface area contributed by atoms with Crippen molar-refractivity contribution in [2.45, 2.75) is 139 Å². The van der Waals surface area contributed by atoms with Crippen molar-refractivity contribution in [3.8, 4) is 0 Å². The van der Waals surface area contributed by atoms with Gasteiger partial charge in [-0.3, -0.25) is 9.80 Å². The summed E-state index contributed by atoms with van der Waals surface area (Å²) < 4.78 is 73.1. The van der Waals surface area contributed by atoms with Crippen molar-refractivity contribution < 1.29 is 52.1 Å². The van der Waals surface area contributed by atoms with Crippen LogP contribution in [0.15, 0.2) is 178 Å². The van der Waals surface area contributed by atoms with Gasteiger partial charge >= 0.3 is 0 Å². The van der Waals surface area contributed by atoms with E-state index in [2.05, 4.69) is 76.8 Å². The first kappa shape index (κ1) is 69.8. The fourth-order valence-corrected chi connectivity index (χ4v) is 12.0. The summed E-state index contributed by atoms with van der Waals surface area (Å²) in [7, 11) is 0. The highest BCUT2D eigenvalue weighted by Crippen LogP contribution is 2.39. The number of hydrogen-bond acceptors (Lipinski definition) is 16. The fourth-order valence-electron chi connectivity index (χ4n) is 12.0. The number of likely N-dealkylation sites (tertiary alicyclic amines) is 3. The maximum absolute atomic E-state index is 14.5. The molecule has 7 heterocycles. The summed E-state index contributed by atoms with van der Waals surface area (Å²) in [6.07, 6.45) is 15.1. The summed E-state index contributed by atoms with van der Waals surface area (Å²) >= 11 is 0. The molecule has 0 spiro atoms. The van der Waals surface area contributed by atoms with Gasteiger partial charge in [0.05, 0.1) is 45.4 Å². The van der Waals surface area contributed by atoms with Crippen LogP contribution in [0.25, 0.3) is 0 Å². The Bertz CT molecular complexity index is 3600. The second kappa shape index (κ2) is 30.6. The summed E-state index contributed by atoms with van der Waals surface area (Å²) in [5, 5.41) is 84.3. The van der Waals surface area contributed by atoms with Gasteiger partial charge in [-0.2, -0.15) is 20.4 Å². The van der Waals surface area contributed by atoms with Crippen LogP contribution in [0.1, 0.15) is 88.5 Å². The molecule has 8 aromatic rings. The van der Waals surface area contributed by atoms with Crippen LogP contribution in [0.5, 0.6) is 0 Å². The molecule has 26 heteroatoms. The number of rotatable bonds is 19. The zero-order chi connectivity index (χ0) is 66.4. The lowest BCUT2D eigenvalue weighted by Crippen LogP contribution is -2.62. The molecular formula is C66H82F5N15O6. The molecule has 0 unspecified atom stereocenters. The van der Waals surface area contributed by atoms with E-state index >= 15 is 0 Å². The molecule has 0 bridgehead atoms. The molecule has 0 aliphatic carbocycles. The molecule has 0 saturated carbocycles. The maximum atomic E-state index is 14.5. The van der Waals surface area contributed by atoms with Crippen molar-refractivity contribution in [1.82, 2.24) is 68.9 Å². The van der Waals surface area contributed by atoms with Crippen LogP contribution in [0, 0.1) is 34.3 Å². The zero-order valence-corrected chi connectivity index (χ0v) is 52.3. The smallest absolute Gasteiger partial charge is 0.164 e. The Morgan fingerprint density at radius 2 is 0.804 bits per heavy atom. The van der Waals surface area contributed by atoms with Crippen molar-refractivity contribution in [2.75, 3.05) is 39.3 Å². The summed E-state index contributed by atoms with van der Waals surface area (Å²) in [4.78, 5) is 20.1. The molecule has 492 valence electrons. The fraction of sp³-hybridized carbons (Fsp3) is 0.424. The molecule has 3 aliphatic heterocycles. The quantitative estimate of drug-likeness (QED) is 0.0223. The Balaban J connectivity index is 0.000000159. The third-order valence-electron chi connectivity index (χ3n) is 18.2. The van der Waals surface area contributed by atoms with Crippen molar-refractivity contribution >= 4 is 0 Å². The number of halogens is 5. The Morgan fingerprint density at radius 1 is 0.467 bits per heavy atom. The minimum absolute atomic E-state index is 0.0257. The Kier molecular flexibility index (Phi) is 23.2. The van der Waals surface area contributed by atoms with Gasteiger partial charge in [0.25, 0.3) is 0 Å². The number of hydroxylamine groups is 3. The van der Waals surface area contributed by atoms with E-state index < -0.39 is 62.5 Å². The van der Waals surface area contributed by atoms with Gasteiger partial charge in [0, 0.05) is 74.4 Å². The third-order valence-corrected chi connectivity index (χ3v) is 18.2. The normalized spacial score (nSPS) is 19.4. The van der Waals surface area contributed by atoms with E-state index in [9.17, 15) is 52.7 Å². The number of aliphatic hydroxyl groups is 5. The van der Waals surface area contributed by atoms with Crippen LogP contribution in [0.4, 0.5) is 22.0 Å². The highest BCUT2D eigenvalue weighted by Gasteiger charge is 2.49. The molecular weight excluding hydrogens is 1190 g/mol. The van der Waals surface area contributed by atoms with Crippen LogP contribution < -0.4 is 0 Å². The Hall–Kier alpha value is -8.05. The second-order valence-electron chi connectivity index (χ2n) is 24.1. The number of benzene rings is 4. The van der Waals surface area contributed by atoms with Gasteiger partial charge in [-0.05, 0) is 94.8 Å². The standard InChI is InChI=1S/C18H22F2N4O2.C18H23FN4O.C18H24N4O.C12H13F2N3O2/c1-13-5-7-24(26,8-6-13)14(2)18(25,10-23-12-21-11-22-23)16-4-3-15(19)9-17(16)20;1-14-7-9-22(10-8-14)15(2)18(24,11-23-13-20-12-21-23)16-3-5-17(19)6-4-16;1-15-8-10-21(11-9-15)16(2)18(23,12-22-14-19-13-20-22)17-6-4-3-5-7-17;1-8(18)12(19,5-17-7-15-6-16-17)10-3-2-9(13)4-11(10)14/h3-4,9,11-12,14,25H,1,5-8,10H2,2H3;3-6,12-13,15,24H,1,7-11H2,2H3;3-7,13-14,16,23H,1,8-12H2,2H3;2-4,6-8,18-19H,5H2,1H3/t14-,18-;15-,18-;16-,18-;8-,12-/m1111/s1. The lowest BCUT2D eigenvalue weighted by atomic mass is 9.84. The largest absolute Gasteiger partial charge is 0.632 e. The molecule has 8 atom stereocenters. The van der Waals surface area contributed by atoms with Crippen LogP contribution in [0.3, 0.4) is 0 Å². The van der Waals surface area contributed by atoms with E-state index in [0.717, 1.165) is 81.2 Å². The maximum Gasteiger partial charge on any atom is 0.164 e. The number of hydrogen-bond donors (Lipinski definition) is 5. The van der Waals surface area contributed by atoms with Crippen molar-refractivity contribution in [2.24, 2.45) is 0 Å². The van der Waals surface area contributed by atoms with E-state index in [1.165, 1.54) is 83.6 Å². The first-order valence-corrected chi connectivity index (χ1v) is 30.4. The molecule has 11 rings (SSSR count). The van der Waals surface area contributed by atoms with Crippen LogP contribution in [-0.2, 0) is 48.6 Å². The van der Waals surface area contributed by atoms with Crippen molar-refractivity contribution in [3.63, 3.8) is 0 Å². The van der Waals surface area contributed by atoms with Crippen LogP contribution >= 0.6 is 0 Å². The van der Waals surface area contributed by atoms with Crippen molar-refractivity contribution in [1.29, 1.82) is 0 Å². The lowest BCUT2D eigenvalue weighted by molar-refractivity contribution is -0.914. The van der Waals surface area contributed by atoms with Gasteiger partial charge in [-0.1, -0.05) is 85.0 Å². The van der Waals surface area contributed by atoms with Gasteiger partial charge in [-0.25, -0.2) is 60.6 Å². The first-order chi connectivity index (χ1) is 43.8. The topological polar surface area (TPSA) is 254 Å². The first-order valence-electron chi connectivity index (χ1n) is 30.4. The minimum Gasteiger partial charge on any atom is -0.632 e. The van der Waals surface area contributed by atoms with Gasteiger partial charge in [0.15, 0.2) is 5.60 Å². The highest BCUT2D eigenvalue weighted by molar-refractivity contribution is 5.29. The Labute approximate surface area is 532 Å². The van der Waals surface area contributed by atoms with E-state index in [1.54, 1.807) is 41.1 Å².